The first-order chi connectivity index (χ1) is 15.1. The molecule has 2 aliphatic rings. The lowest BCUT2D eigenvalue weighted by Crippen LogP contribution is -2.74. The zero-order chi connectivity index (χ0) is 23.6. The predicted molar refractivity (Wildman–Crippen MR) is 120 cm³/mol. The van der Waals surface area contributed by atoms with Crippen LogP contribution < -0.4 is 11.1 Å². The second-order valence-electron chi connectivity index (χ2n) is 6.95. The molecular weight excluding hydrogens is 482 g/mol. The summed E-state index contributed by atoms with van der Waals surface area (Å²) in [6.07, 6.45) is -1.32. The minimum Gasteiger partial charge on any atom is -0.480 e. The predicted octanol–water partition coefficient (Wildman–Crippen LogP) is -0.104. The Morgan fingerprint density at radius 2 is 2.22 bits per heavy atom. The van der Waals surface area contributed by atoms with Crippen molar-refractivity contribution in [2.24, 2.45) is 5.16 Å². The van der Waals surface area contributed by atoms with Gasteiger partial charge in [-0.3, -0.25) is 14.4 Å². The first kappa shape index (κ1) is 24.1. The minimum absolute atomic E-state index is 0.0481. The van der Waals surface area contributed by atoms with Crippen molar-refractivity contribution < 1.29 is 34.2 Å². The number of thioether (sulfide) groups is 2. The number of rotatable bonds is 9. The van der Waals surface area contributed by atoms with Gasteiger partial charge in [-0.05, 0) is 12.7 Å². The molecule has 0 radical (unpaired) electrons. The summed E-state index contributed by atoms with van der Waals surface area (Å²) in [7, 11) is 0. The first-order valence-corrected chi connectivity index (χ1v) is 12.3. The second kappa shape index (κ2) is 9.54. The van der Waals surface area contributed by atoms with Gasteiger partial charge in [-0.15, -0.1) is 34.9 Å². The van der Waals surface area contributed by atoms with Gasteiger partial charge in [0.2, 0.25) is 12.0 Å². The maximum atomic E-state index is 12.9. The number of oxime groups is 1. The number of nitrogens with zero attached hydrogens (tertiary/aromatic N) is 3. The van der Waals surface area contributed by atoms with E-state index >= 15 is 0 Å². The molecular formula is C17H21N5O7S3. The minimum atomic E-state index is -1.32. The van der Waals surface area contributed by atoms with E-state index in [1.165, 1.54) is 40.7 Å². The molecule has 2 saturated heterocycles. The smallest absolute Gasteiger partial charge is 0.347 e. The average molecular weight is 504 g/mol. The Morgan fingerprint density at radius 3 is 2.78 bits per heavy atom. The first-order valence-electron chi connectivity index (χ1n) is 9.38. The molecule has 2 aliphatic heterocycles. The Kier molecular flexibility index (Phi) is 7.19. The van der Waals surface area contributed by atoms with Crippen molar-refractivity contribution in [2.45, 2.75) is 36.1 Å². The number of carbonyl (C=O) groups excluding carboxylic acids is 2. The van der Waals surface area contributed by atoms with Crippen LogP contribution in [0.5, 0.6) is 0 Å². The van der Waals surface area contributed by atoms with E-state index in [2.05, 4.69) is 15.5 Å². The zero-order valence-corrected chi connectivity index (χ0v) is 19.5. The maximum absolute atomic E-state index is 12.9. The summed E-state index contributed by atoms with van der Waals surface area (Å²) in [5, 5.41) is 26.0. The van der Waals surface area contributed by atoms with Crippen molar-refractivity contribution >= 4 is 69.5 Å². The molecule has 1 aromatic heterocycles. The largest absolute Gasteiger partial charge is 0.480 e. The van der Waals surface area contributed by atoms with Crippen molar-refractivity contribution in [1.29, 1.82) is 0 Å². The van der Waals surface area contributed by atoms with Gasteiger partial charge in [0.15, 0.2) is 10.8 Å². The highest BCUT2D eigenvalue weighted by atomic mass is 32.2. The van der Waals surface area contributed by atoms with Crippen molar-refractivity contribution in [3.8, 4) is 0 Å². The van der Waals surface area contributed by atoms with E-state index in [0.29, 0.717) is 5.75 Å². The number of thiazole rings is 1. The Labute approximate surface area is 194 Å². The molecule has 2 amide bonds. The van der Waals surface area contributed by atoms with Crippen molar-refractivity contribution in [3.05, 3.63) is 11.1 Å². The third kappa shape index (κ3) is 4.63. The number of carboxylic acid groups (broad SMARTS) is 2. The molecule has 15 heteroatoms. The van der Waals surface area contributed by atoms with E-state index in [1.54, 1.807) is 0 Å². The molecule has 174 valence electrons. The number of nitrogen functional groups attached to an aromatic ring is 1. The fraction of sp³-hybridized carbons (Fsp3) is 0.529. The van der Waals surface area contributed by atoms with Crippen LogP contribution in [-0.2, 0) is 24.0 Å². The van der Waals surface area contributed by atoms with Crippen LogP contribution in [0.2, 0.25) is 0 Å². The number of nitrogens with two attached hydrogens (primary N) is 1. The van der Waals surface area contributed by atoms with Gasteiger partial charge in [0, 0.05) is 17.7 Å². The maximum Gasteiger partial charge on any atom is 0.347 e. The van der Waals surface area contributed by atoms with Crippen LogP contribution in [0.25, 0.3) is 0 Å². The number of amides is 2. The molecule has 3 unspecified atom stereocenters. The van der Waals surface area contributed by atoms with Gasteiger partial charge in [-0.2, -0.15) is 0 Å². The summed E-state index contributed by atoms with van der Waals surface area (Å²) in [5.41, 5.74) is 5.37. The Balaban J connectivity index is 1.74. The third-order valence-corrected chi connectivity index (χ3v) is 8.45. The van der Waals surface area contributed by atoms with Gasteiger partial charge in [0.25, 0.3) is 5.91 Å². The van der Waals surface area contributed by atoms with E-state index in [4.69, 9.17) is 15.7 Å². The van der Waals surface area contributed by atoms with Gasteiger partial charge >= 0.3 is 11.9 Å². The highest BCUT2D eigenvalue weighted by molar-refractivity contribution is 8.05. The van der Waals surface area contributed by atoms with Crippen molar-refractivity contribution in [1.82, 2.24) is 15.2 Å². The highest BCUT2D eigenvalue weighted by Gasteiger charge is 2.57. The average Bonchev–Trinajstić information content (AvgIpc) is 3.17. The summed E-state index contributed by atoms with van der Waals surface area (Å²) in [5.74, 6) is -2.58. The Bertz CT molecular complexity index is 970. The number of hydrogen-bond donors (Lipinski definition) is 4. The topological polar surface area (TPSA) is 185 Å². The number of β-lactam (4-membered cyclic amide) rings is 1. The molecule has 0 aromatic carbocycles. The van der Waals surface area contributed by atoms with Crippen LogP contribution in [-0.4, -0.2) is 89.9 Å². The van der Waals surface area contributed by atoms with Gasteiger partial charge in [0.05, 0.1) is 0 Å². The summed E-state index contributed by atoms with van der Waals surface area (Å²) in [6.45, 7) is 3.14. The highest BCUT2D eigenvalue weighted by Crippen LogP contribution is 2.43. The lowest BCUT2D eigenvalue weighted by Gasteiger charge is -2.53. The quantitative estimate of drug-likeness (QED) is 0.200. The fourth-order valence-corrected chi connectivity index (χ4v) is 6.48. The van der Waals surface area contributed by atoms with Crippen LogP contribution in [0.15, 0.2) is 10.5 Å². The van der Waals surface area contributed by atoms with E-state index in [-0.39, 0.29) is 28.8 Å². The van der Waals surface area contributed by atoms with Crippen LogP contribution >= 0.6 is 34.9 Å². The molecule has 1 aromatic rings. The summed E-state index contributed by atoms with van der Waals surface area (Å²) in [6, 6.07) is -0.885. The number of hydrogen-bond acceptors (Lipinski definition) is 11. The van der Waals surface area contributed by atoms with Gasteiger partial charge in [-0.25, -0.2) is 9.78 Å². The molecule has 0 aliphatic carbocycles. The zero-order valence-electron chi connectivity index (χ0n) is 17.0. The van der Waals surface area contributed by atoms with Crippen LogP contribution in [0.4, 0.5) is 5.13 Å². The third-order valence-electron chi connectivity index (χ3n) is 4.78. The lowest BCUT2D eigenvalue weighted by molar-refractivity contribution is -0.151. The summed E-state index contributed by atoms with van der Waals surface area (Å²) in [4.78, 5) is 58.6. The fourth-order valence-electron chi connectivity index (χ4n) is 3.09. The molecule has 0 spiro atoms. The van der Waals surface area contributed by atoms with Crippen molar-refractivity contribution in [3.63, 3.8) is 0 Å². The van der Waals surface area contributed by atoms with Gasteiger partial charge in [-0.1, -0.05) is 12.1 Å². The molecule has 4 atom stereocenters. The Hall–Kier alpha value is -2.52. The molecule has 5 N–H and O–H groups in total. The van der Waals surface area contributed by atoms with Crippen LogP contribution in [0.3, 0.4) is 0 Å². The van der Waals surface area contributed by atoms with Crippen LogP contribution in [0.1, 0.15) is 19.5 Å². The summed E-state index contributed by atoms with van der Waals surface area (Å²) < 4.78 is -1.09. The number of carbonyl (C=O) groups is 4. The summed E-state index contributed by atoms with van der Waals surface area (Å²) >= 11 is 3.61. The van der Waals surface area contributed by atoms with Gasteiger partial charge < -0.3 is 31.0 Å². The molecule has 2 fully saturated rings. The normalized spacial score (nSPS) is 26.0. The SMILES string of the molecule is CCSC1(C(=O)O)CS[C@@H]2C(NC(=O)C(=NOC(C)C(=O)O)c3csc(N)n3)C(=O)N2C1. The van der Waals surface area contributed by atoms with E-state index in [0.717, 1.165) is 11.3 Å². The van der Waals surface area contributed by atoms with Crippen LogP contribution in [0, 0.1) is 0 Å². The van der Waals surface area contributed by atoms with Gasteiger partial charge in [0.1, 0.15) is 21.9 Å². The number of carboxylic acids is 2. The molecule has 12 nitrogen and oxygen atoms in total. The molecule has 3 heterocycles. The number of anilines is 1. The van der Waals surface area contributed by atoms with E-state index < -0.39 is 46.0 Å². The number of fused-ring (bicyclic) bond motifs is 1. The molecule has 3 rings (SSSR count). The van der Waals surface area contributed by atoms with E-state index in [1.807, 2.05) is 6.92 Å². The Morgan fingerprint density at radius 1 is 1.50 bits per heavy atom. The lowest BCUT2D eigenvalue weighted by atomic mass is 10.0. The molecule has 0 saturated carbocycles. The van der Waals surface area contributed by atoms with Crippen molar-refractivity contribution in [2.75, 3.05) is 23.8 Å². The standard InChI is InChI=1S/C17H21N5O7S3/c1-3-32-17(15(27)28)5-22-12(24)10(13(22)31-6-17)20-11(23)9(8-4-30-16(18)19-8)21-29-7(2)14(25)26/h4,7,10,13H,3,5-6H2,1-2H3,(H2,18,19)(H,20,23)(H,25,26)(H,27,28)/t7?,10?,13-,17?/m1/s1. The second-order valence-corrected chi connectivity index (χ2v) is 10.6. The monoisotopic (exact) mass is 503 g/mol. The number of aromatic nitrogens is 1. The van der Waals surface area contributed by atoms with E-state index in [9.17, 15) is 24.3 Å². The number of aliphatic carboxylic acids is 2. The molecule has 0 bridgehead atoms. The number of nitrogens with one attached hydrogen (secondary N) is 1. The molecule has 32 heavy (non-hydrogen) atoms.